The Bertz CT molecular complexity index is 142. The van der Waals surface area contributed by atoms with E-state index in [4.69, 9.17) is 4.74 Å². The second-order valence-corrected chi connectivity index (χ2v) is 3.68. The van der Waals surface area contributed by atoms with Crippen molar-refractivity contribution in [2.75, 3.05) is 6.61 Å². The standard InChI is InChI=1S/C11H23NO3/c1-3-5-6-7-8-9-11(15-12-13)14-10-4-2/h11H,3-10H2,1-2H3. The Kier molecular flexibility index (Phi) is 10.9. The van der Waals surface area contributed by atoms with E-state index in [1.807, 2.05) is 6.92 Å². The van der Waals surface area contributed by atoms with Crippen molar-refractivity contribution in [1.29, 1.82) is 0 Å². The Labute approximate surface area is 92.3 Å². The van der Waals surface area contributed by atoms with Crippen LogP contribution in [0.1, 0.15) is 58.8 Å². The van der Waals surface area contributed by atoms with Gasteiger partial charge in [0.25, 0.3) is 0 Å². The molecule has 0 saturated heterocycles. The summed E-state index contributed by atoms with van der Waals surface area (Å²) in [5.74, 6) is 0. The lowest BCUT2D eigenvalue weighted by molar-refractivity contribution is -0.147. The van der Waals surface area contributed by atoms with Crippen LogP contribution in [0, 0.1) is 4.91 Å². The van der Waals surface area contributed by atoms with Crippen LogP contribution in [0.15, 0.2) is 5.34 Å². The molecule has 0 N–H and O–H groups in total. The van der Waals surface area contributed by atoms with Crippen molar-refractivity contribution in [3.05, 3.63) is 4.91 Å². The Hall–Kier alpha value is -0.640. The zero-order valence-corrected chi connectivity index (χ0v) is 9.91. The van der Waals surface area contributed by atoms with Crippen molar-refractivity contribution in [2.45, 2.75) is 65.1 Å². The normalized spacial score (nSPS) is 12.4. The Morgan fingerprint density at radius 1 is 1.07 bits per heavy atom. The van der Waals surface area contributed by atoms with E-state index in [-0.39, 0.29) is 0 Å². The average Bonchev–Trinajstić information content (AvgIpc) is 2.25. The first-order chi connectivity index (χ1) is 7.35. The van der Waals surface area contributed by atoms with Gasteiger partial charge in [-0.1, -0.05) is 39.5 Å². The highest BCUT2D eigenvalue weighted by Gasteiger charge is 2.09. The van der Waals surface area contributed by atoms with Crippen molar-refractivity contribution >= 4 is 0 Å². The van der Waals surface area contributed by atoms with Gasteiger partial charge in [-0.25, -0.2) is 0 Å². The highest BCUT2D eigenvalue weighted by Crippen LogP contribution is 2.11. The number of nitrogens with zero attached hydrogens (tertiary/aromatic N) is 1. The summed E-state index contributed by atoms with van der Waals surface area (Å²) in [5.41, 5.74) is 0. The molecule has 0 aromatic rings. The molecule has 0 bridgehead atoms. The molecule has 15 heavy (non-hydrogen) atoms. The lowest BCUT2D eigenvalue weighted by Gasteiger charge is -2.13. The molecule has 0 amide bonds. The van der Waals surface area contributed by atoms with Crippen molar-refractivity contribution in [2.24, 2.45) is 5.34 Å². The van der Waals surface area contributed by atoms with Gasteiger partial charge in [-0.2, -0.15) is 0 Å². The number of hydrogen-bond acceptors (Lipinski definition) is 4. The van der Waals surface area contributed by atoms with Crippen LogP contribution in [0.3, 0.4) is 0 Å². The summed E-state index contributed by atoms with van der Waals surface area (Å²) in [6.07, 6.45) is 7.20. The minimum Gasteiger partial charge on any atom is -0.341 e. The molecule has 0 radical (unpaired) electrons. The fourth-order valence-electron chi connectivity index (χ4n) is 1.38. The molecule has 0 spiro atoms. The molecule has 0 aliphatic rings. The molecule has 0 heterocycles. The molecule has 0 aromatic heterocycles. The van der Waals surface area contributed by atoms with E-state index in [0.717, 1.165) is 19.3 Å². The molecular weight excluding hydrogens is 194 g/mol. The fourth-order valence-corrected chi connectivity index (χ4v) is 1.38. The van der Waals surface area contributed by atoms with Gasteiger partial charge in [-0.3, -0.25) is 0 Å². The smallest absolute Gasteiger partial charge is 0.230 e. The van der Waals surface area contributed by atoms with E-state index >= 15 is 0 Å². The molecule has 0 aliphatic heterocycles. The summed E-state index contributed by atoms with van der Waals surface area (Å²) in [7, 11) is 0. The largest absolute Gasteiger partial charge is 0.341 e. The quantitative estimate of drug-likeness (QED) is 0.229. The summed E-state index contributed by atoms with van der Waals surface area (Å²) in [4.78, 5) is 14.6. The number of ether oxygens (including phenoxy) is 1. The first-order valence-electron chi connectivity index (χ1n) is 5.95. The Morgan fingerprint density at radius 2 is 1.80 bits per heavy atom. The van der Waals surface area contributed by atoms with Crippen molar-refractivity contribution in [1.82, 2.24) is 0 Å². The van der Waals surface area contributed by atoms with Crippen LogP contribution in [0.25, 0.3) is 0 Å². The summed E-state index contributed by atoms with van der Waals surface area (Å²) in [6, 6.07) is 0. The topological polar surface area (TPSA) is 47.9 Å². The molecule has 4 heteroatoms. The molecule has 90 valence electrons. The first-order valence-corrected chi connectivity index (χ1v) is 5.95. The molecule has 1 unspecified atom stereocenters. The second kappa shape index (κ2) is 11.4. The third-order valence-electron chi connectivity index (χ3n) is 2.21. The Balaban J connectivity index is 3.42. The monoisotopic (exact) mass is 217 g/mol. The van der Waals surface area contributed by atoms with Gasteiger partial charge in [0.1, 0.15) is 0 Å². The SMILES string of the molecule is CCCCCCCC(OCCC)ON=O. The third kappa shape index (κ3) is 9.66. The summed E-state index contributed by atoms with van der Waals surface area (Å²) in [6.45, 7) is 4.83. The predicted molar refractivity (Wildman–Crippen MR) is 60.3 cm³/mol. The van der Waals surface area contributed by atoms with Crippen molar-refractivity contribution < 1.29 is 9.57 Å². The zero-order chi connectivity index (χ0) is 11.4. The van der Waals surface area contributed by atoms with Crippen LogP contribution in [0.5, 0.6) is 0 Å². The number of hydrogen-bond donors (Lipinski definition) is 0. The lowest BCUT2D eigenvalue weighted by atomic mass is 10.1. The minimum atomic E-state index is -0.441. The van der Waals surface area contributed by atoms with Crippen molar-refractivity contribution in [3.8, 4) is 0 Å². The summed E-state index contributed by atoms with van der Waals surface area (Å²) >= 11 is 0. The molecule has 1 atom stereocenters. The molecular formula is C11H23NO3. The van der Waals surface area contributed by atoms with E-state index in [0.29, 0.717) is 6.61 Å². The van der Waals surface area contributed by atoms with Crippen molar-refractivity contribution in [3.63, 3.8) is 0 Å². The molecule has 4 nitrogen and oxygen atoms in total. The maximum Gasteiger partial charge on any atom is 0.230 e. The van der Waals surface area contributed by atoms with Gasteiger partial charge in [0.15, 0.2) is 5.34 Å². The van der Waals surface area contributed by atoms with Gasteiger partial charge in [-0.05, 0) is 12.8 Å². The van der Waals surface area contributed by atoms with Gasteiger partial charge < -0.3 is 9.57 Å². The lowest BCUT2D eigenvalue weighted by Crippen LogP contribution is -2.15. The van der Waals surface area contributed by atoms with Gasteiger partial charge in [0.05, 0.1) is 6.61 Å². The van der Waals surface area contributed by atoms with E-state index < -0.39 is 6.29 Å². The highest BCUT2D eigenvalue weighted by molar-refractivity contribution is 4.48. The van der Waals surface area contributed by atoms with Gasteiger partial charge >= 0.3 is 0 Å². The first kappa shape index (κ1) is 14.4. The second-order valence-electron chi connectivity index (χ2n) is 3.68. The molecule has 0 aliphatic carbocycles. The molecule has 0 aromatic carbocycles. The van der Waals surface area contributed by atoms with Gasteiger partial charge in [0, 0.05) is 6.42 Å². The number of rotatable bonds is 11. The van der Waals surface area contributed by atoms with Crippen LogP contribution in [0.4, 0.5) is 0 Å². The zero-order valence-electron chi connectivity index (χ0n) is 9.91. The Morgan fingerprint density at radius 3 is 2.40 bits per heavy atom. The fraction of sp³-hybridized carbons (Fsp3) is 1.00. The predicted octanol–water partition coefficient (Wildman–Crippen LogP) is 3.80. The van der Waals surface area contributed by atoms with Crippen LogP contribution in [0.2, 0.25) is 0 Å². The van der Waals surface area contributed by atoms with E-state index in [9.17, 15) is 4.91 Å². The van der Waals surface area contributed by atoms with Crippen LogP contribution in [-0.2, 0) is 9.57 Å². The maximum absolute atomic E-state index is 9.96. The maximum atomic E-state index is 9.96. The van der Waals surface area contributed by atoms with Gasteiger partial charge in [-0.15, -0.1) is 4.91 Å². The van der Waals surface area contributed by atoms with E-state index in [1.54, 1.807) is 0 Å². The minimum absolute atomic E-state index is 0.441. The van der Waals surface area contributed by atoms with Crippen LogP contribution < -0.4 is 0 Å². The highest BCUT2D eigenvalue weighted by atomic mass is 16.8. The average molecular weight is 217 g/mol. The summed E-state index contributed by atoms with van der Waals surface area (Å²) in [5, 5.41) is 2.43. The van der Waals surface area contributed by atoms with Crippen LogP contribution in [-0.4, -0.2) is 12.9 Å². The van der Waals surface area contributed by atoms with E-state index in [1.165, 1.54) is 25.7 Å². The summed E-state index contributed by atoms with van der Waals surface area (Å²) < 4.78 is 5.32. The van der Waals surface area contributed by atoms with Gasteiger partial charge in [0.2, 0.25) is 6.29 Å². The molecule has 0 fully saturated rings. The van der Waals surface area contributed by atoms with E-state index in [2.05, 4.69) is 17.1 Å². The molecule has 0 rings (SSSR count). The van der Waals surface area contributed by atoms with Crippen LogP contribution >= 0.6 is 0 Å². The third-order valence-corrected chi connectivity index (χ3v) is 2.21. The molecule has 0 saturated carbocycles. The number of unbranched alkanes of at least 4 members (excludes halogenated alkanes) is 4.